The number of ether oxygens (including phenoxy) is 1. The van der Waals surface area contributed by atoms with Gasteiger partial charge in [-0.25, -0.2) is 0 Å². The van der Waals surface area contributed by atoms with Crippen LogP contribution in [0.25, 0.3) is 16.3 Å². The van der Waals surface area contributed by atoms with Crippen molar-refractivity contribution in [3.05, 3.63) is 76.0 Å². The van der Waals surface area contributed by atoms with Crippen molar-refractivity contribution < 1.29 is 4.74 Å². The molecule has 28 heavy (non-hydrogen) atoms. The highest BCUT2D eigenvalue weighted by molar-refractivity contribution is 7.13. The van der Waals surface area contributed by atoms with Crippen LogP contribution in [0.1, 0.15) is 34.7 Å². The molecule has 0 bridgehead atoms. The molecule has 0 amide bonds. The second kappa shape index (κ2) is 7.05. The van der Waals surface area contributed by atoms with Gasteiger partial charge in [-0.05, 0) is 48.5 Å². The fourth-order valence-electron chi connectivity index (χ4n) is 4.74. The highest BCUT2D eigenvalue weighted by Crippen LogP contribution is 2.50. The van der Waals surface area contributed by atoms with E-state index in [-0.39, 0.29) is 0 Å². The second-order valence-electron chi connectivity index (χ2n) is 8.36. The summed E-state index contributed by atoms with van der Waals surface area (Å²) in [6.07, 6.45) is 1.84. The van der Waals surface area contributed by atoms with E-state index in [2.05, 4.69) is 82.9 Å². The van der Waals surface area contributed by atoms with Crippen LogP contribution >= 0.6 is 11.3 Å². The van der Waals surface area contributed by atoms with Crippen molar-refractivity contribution in [2.24, 2.45) is 0 Å². The lowest BCUT2D eigenvalue weighted by Crippen LogP contribution is -2.48. The molecule has 0 saturated carbocycles. The maximum atomic E-state index is 6.30. The summed E-state index contributed by atoms with van der Waals surface area (Å²) >= 11 is 1.98. The van der Waals surface area contributed by atoms with Gasteiger partial charge in [0.15, 0.2) is 0 Å². The minimum absolute atomic E-state index is 0.508. The number of rotatable bonds is 5. The lowest BCUT2D eigenvalue weighted by Gasteiger charge is -2.33. The largest absolute Gasteiger partial charge is 0.489 e. The number of fused-ring (bicyclic) bond motifs is 2. The van der Waals surface area contributed by atoms with Crippen LogP contribution in [0.15, 0.2) is 60.7 Å². The summed E-state index contributed by atoms with van der Waals surface area (Å²) in [5, 5.41) is 3.85. The van der Waals surface area contributed by atoms with Gasteiger partial charge < -0.3 is 4.74 Å². The van der Waals surface area contributed by atoms with Gasteiger partial charge in [0.25, 0.3) is 0 Å². The summed E-state index contributed by atoms with van der Waals surface area (Å²) in [4.78, 5) is 2.97. The molecule has 0 fully saturated rings. The molecule has 2 aromatic carbocycles. The number of thiophene rings is 1. The molecule has 0 N–H and O–H groups in total. The summed E-state index contributed by atoms with van der Waals surface area (Å²) in [5.41, 5.74) is 4.99. The molecular formula is C25H28OSSi. The smallest absolute Gasteiger partial charge is 0.126 e. The van der Waals surface area contributed by atoms with Crippen molar-refractivity contribution in [1.82, 2.24) is 0 Å². The zero-order chi connectivity index (χ0) is 20.1. The molecule has 3 heteroatoms. The number of hydrogen-bond donors (Lipinski definition) is 0. The van der Waals surface area contributed by atoms with Crippen molar-refractivity contribution in [3.63, 3.8) is 0 Å². The lowest BCUT2D eigenvalue weighted by molar-refractivity contribution is 0.370. The van der Waals surface area contributed by atoms with Crippen LogP contribution in [0.2, 0.25) is 13.1 Å². The first-order valence-corrected chi connectivity index (χ1v) is 13.8. The molecule has 1 aromatic heterocycles. The summed E-state index contributed by atoms with van der Waals surface area (Å²) < 4.78 is 6.30. The fraction of sp³-hybridized carbons (Fsp3) is 0.280. The van der Waals surface area contributed by atoms with E-state index in [1.165, 1.54) is 32.0 Å². The van der Waals surface area contributed by atoms with Crippen LogP contribution in [0.5, 0.6) is 5.75 Å². The van der Waals surface area contributed by atoms with Crippen LogP contribution in [0, 0.1) is 6.92 Å². The highest BCUT2D eigenvalue weighted by Gasteiger charge is 2.43. The third-order valence-electron chi connectivity index (χ3n) is 6.22. The van der Waals surface area contributed by atoms with Crippen LogP contribution in [0.4, 0.5) is 0 Å². The Hall–Kier alpha value is -2.10. The molecule has 1 aliphatic rings. The van der Waals surface area contributed by atoms with E-state index < -0.39 is 8.07 Å². The van der Waals surface area contributed by atoms with Crippen molar-refractivity contribution in [1.29, 1.82) is 0 Å². The van der Waals surface area contributed by atoms with Crippen molar-refractivity contribution in [3.8, 4) is 5.75 Å². The Morgan fingerprint density at radius 1 is 1.11 bits per heavy atom. The summed E-state index contributed by atoms with van der Waals surface area (Å²) in [6.45, 7) is 16.3. The Kier molecular flexibility index (Phi) is 4.84. The Morgan fingerprint density at radius 2 is 1.86 bits per heavy atom. The molecule has 0 spiro atoms. The summed E-state index contributed by atoms with van der Waals surface area (Å²) in [7, 11) is -1.91. The Labute approximate surface area is 173 Å². The predicted octanol–water partition coefficient (Wildman–Crippen LogP) is 6.82. The Balaban J connectivity index is 1.93. The topological polar surface area (TPSA) is 9.23 Å². The van der Waals surface area contributed by atoms with E-state index in [1.54, 1.807) is 10.5 Å². The van der Waals surface area contributed by atoms with Gasteiger partial charge in [-0.2, -0.15) is 0 Å². The first-order chi connectivity index (χ1) is 13.4. The fourth-order valence-corrected chi connectivity index (χ4v) is 10.7. The van der Waals surface area contributed by atoms with Crippen molar-refractivity contribution >= 4 is 40.9 Å². The zero-order valence-corrected chi connectivity index (χ0v) is 19.2. The van der Waals surface area contributed by atoms with Crippen LogP contribution in [-0.2, 0) is 0 Å². The van der Waals surface area contributed by atoms with Gasteiger partial charge in [0, 0.05) is 20.7 Å². The first-order valence-electron chi connectivity index (χ1n) is 9.90. The molecule has 1 aliphatic carbocycles. The van der Waals surface area contributed by atoms with Gasteiger partial charge in [-0.1, -0.05) is 67.7 Å². The van der Waals surface area contributed by atoms with Gasteiger partial charge in [-0.3, -0.25) is 0 Å². The van der Waals surface area contributed by atoms with E-state index >= 15 is 0 Å². The molecule has 4 rings (SSSR count). The van der Waals surface area contributed by atoms with E-state index in [9.17, 15) is 0 Å². The van der Waals surface area contributed by atoms with Crippen molar-refractivity contribution in [2.45, 2.75) is 39.4 Å². The van der Waals surface area contributed by atoms with Crippen molar-refractivity contribution in [2.75, 3.05) is 6.61 Å². The quantitative estimate of drug-likeness (QED) is 0.335. The number of hydrogen-bond acceptors (Lipinski definition) is 2. The van der Waals surface area contributed by atoms with Crippen LogP contribution in [0.3, 0.4) is 0 Å². The Bertz CT molecular complexity index is 1100. The molecule has 1 atom stereocenters. The highest BCUT2D eigenvalue weighted by atomic mass is 32.1. The molecule has 0 radical (unpaired) electrons. The molecule has 0 saturated heterocycles. The molecule has 3 aromatic rings. The molecule has 144 valence electrons. The molecule has 1 heterocycles. The number of allylic oxidation sites excluding steroid dienone is 2. The van der Waals surface area contributed by atoms with E-state index in [0.717, 1.165) is 5.75 Å². The molecular weight excluding hydrogens is 376 g/mol. The van der Waals surface area contributed by atoms with Gasteiger partial charge in [0.2, 0.25) is 0 Å². The summed E-state index contributed by atoms with van der Waals surface area (Å²) in [5.74, 6) is 1.06. The zero-order valence-electron chi connectivity index (χ0n) is 17.4. The van der Waals surface area contributed by atoms with Crippen LogP contribution < -0.4 is 9.92 Å². The van der Waals surface area contributed by atoms with E-state index in [4.69, 9.17) is 4.74 Å². The predicted molar refractivity (Wildman–Crippen MR) is 127 cm³/mol. The number of benzene rings is 2. The van der Waals surface area contributed by atoms with Crippen LogP contribution in [-0.4, -0.2) is 14.7 Å². The maximum absolute atomic E-state index is 6.30. The lowest BCUT2D eigenvalue weighted by atomic mass is 10.1. The van der Waals surface area contributed by atoms with E-state index in [0.29, 0.717) is 12.1 Å². The molecule has 1 nitrogen and oxygen atoms in total. The Morgan fingerprint density at radius 3 is 2.61 bits per heavy atom. The minimum atomic E-state index is -1.91. The van der Waals surface area contributed by atoms with Gasteiger partial charge in [-0.15, -0.1) is 11.3 Å². The van der Waals surface area contributed by atoms with Gasteiger partial charge >= 0.3 is 0 Å². The van der Waals surface area contributed by atoms with Gasteiger partial charge in [0.1, 0.15) is 12.4 Å². The molecule has 0 aliphatic heterocycles. The standard InChI is InChI=1S/C25H28OSSi/c1-7-14-26-23-20-11-9-8-10-19(20)12-13-22(23)28(5,6)25-18(4)17(3)21-15-16(2)27-24(21)25/h7-13,15,25H,1,14H2,2-6H3. The molecule has 1 unspecified atom stereocenters. The average Bonchev–Trinajstić information content (AvgIpc) is 3.15. The van der Waals surface area contributed by atoms with E-state index in [1.807, 2.05) is 17.4 Å². The maximum Gasteiger partial charge on any atom is 0.126 e. The number of aryl methyl sites for hydroxylation is 1. The first kappa shape index (κ1) is 19.2. The third kappa shape index (κ3) is 2.89. The SMILES string of the molecule is C=CCOc1c([Si](C)(C)C2C(C)=C(C)c3cc(C)sc32)ccc2ccccc12. The second-order valence-corrected chi connectivity index (χ2v) is 14.2. The average molecular weight is 405 g/mol. The monoisotopic (exact) mass is 404 g/mol. The summed E-state index contributed by atoms with van der Waals surface area (Å²) in [6, 6.07) is 15.5. The third-order valence-corrected chi connectivity index (χ3v) is 11.5. The minimum Gasteiger partial charge on any atom is -0.489 e. The normalized spacial score (nSPS) is 16.5. The van der Waals surface area contributed by atoms with Gasteiger partial charge in [0.05, 0.1) is 8.07 Å².